The lowest BCUT2D eigenvalue weighted by molar-refractivity contribution is -0.143. The summed E-state index contributed by atoms with van der Waals surface area (Å²) in [5, 5.41) is 11.8. The van der Waals surface area contributed by atoms with Gasteiger partial charge in [-0.1, -0.05) is 0 Å². The van der Waals surface area contributed by atoms with E-state index in [4.69, 9.17) is 9.84 Å². The van der Waals surface area contributed by atoms with E-state index >= 15 is 0 Å². The van der Waals surface area contributed by atoms with Crippen molar-refractivity contribution in [2.75, 3.05) is 0 Å². The van der Waals surface area contributed by atoms with Crippen molar-refractivity contribution in [1.82, 2.24) is 4.98 Å². The van der Waals surface area contributed by atoms with Gasteiger partial charge in [0.15, 0.2) is 0 Å². The van der Waals surface area contributed by atoms with Gasteiger partial charge in [0.25, 0.3) is 0 Å². The number of carboxylic acid groups (broad SMARTS) is 1. The van der Waals surface area contributed by atoms with E-state index in [1.54, 1.807) is 17.5 Å². The number of carboxylic acids is 1. The fraction of sp³-hybridized carbons (Fsp3) is 0.636. The van der Waals surface area contributed by atoms with Crippen LogP contribution in [0.15, 0.2) is 11.6 Å². The van der Waals surface area contributed by atoms with Gasteiger partial charge in [0.2, 0.25) is 0 Å². The van der Waals surface area contributed by atoms with Crippen LogP contribution in [0.4, 0.5) is 0 Å². The second-order valence-electron chi connectivity index (χ2n) is 4.05. The minimum atomic E-state index is -0.668. The van der Waals surface area contributed by atoms with Gasteiger partial charge >= 0.3 is 5.97 Å². The largest absolute Gasteiger partial charge is 0.481 e. The normalized spacial score (nSPS) is 25.5. The van der Waals surface area contributed by atoms with Crippen LogP contribution in [0.5, 0.6) is 0 Å². The molecule has 0 spiro atoms. The van der Waals surface area contributed by atoms with Crippen molar-refractivity contribution in [3.63, 3.8) is 0 Å². The van der Waals surface area contributed by atoms with E-state index in [1.165, 1.54) is 0 Å². The topological polar surface area (TPSA) is 59.4 Å². The summed E-state index contributed by atoms with van der Waals surface area (Å²) in [6.45, 7) is 0.556. The maximum atomic E-state index is 10.8. The van der Waals surface area contributed by atoms with Gasteiger partial charge in [-0.05, 0) is 25.7 Å². The fourth-order valence-electron chi connectivity index (χ4n) is 1.99. The lowest BCUT2D eigenvalue weighted by atomic mass is 9.87. The zero-order chi connectivity index (χ0) is 11.4. The van der Waals surface area contributed by atoms with Crippen LogP contribution in [0.1, 0.15) is 30.7 Å². The van der Waals surface area contributed by atoms with Crippen LogP contribution in [-0.4, -0.2) is 22.2 Å². The highest BCUT2D eigenvalue weighted by molar-refractivity contribution is 7.09. The van der Waals surface area contributed by atoms with Crippen molar-refractivity contribution in [1.29, 1.82) is 0 Å². The maximum absolute atomic E-state index is 10.8. The number of hydrogen-bond donors (Lipinski definition) is 1. The third-order valence-corrected chi connectivity index (χ3v) is 3.70. The molecule has 0 atom stereocenters. The molecule has 0 radical (unpaired) electrons. The minimum absolute atomic E-state index is 0.167. The molecule has 0 bridgehead atoms. The van der Waals surface area contributed by atoms with E-state index < -0.39 is 5.97 Å². The molecule has 1 N–H and O–H groups in total. The molecule has 1 saturated carbocycles. The predicted molar refractivity (Wildman–Crippen MR) is 60.3 cm³/mol. The molecule has 1 aromatic rings. The van der Waals surface area contributed by atoms with Crippen LogP contribution in [-0.2, 0) is 16.1 Å². The predicted octanol–water partition coefficient (Wildman–Crippen LogP) is 2.30. The van der Waals surface area contributed by atoms with Gasteiger partial charge in [0, 0.05) is 11.6 Å². The Morgan fingerprint density at radius 1 is 1.50 bits per heavy atom. The number of ether oxygens (including phenoxy) is 1. The summed E-state index contributed by atoms with van der Waals surface area (Å²) in [6.07, 6.45) is 5.14. The van der Waals surface area contributed by atoms with Crippen LogP contribution in [0.2, 0.25) is 0 Å². The third-order valence-electron chi connectivity index (χ3n) is 2.95. The lowest BCUT2D eigenvalue weighted by Gasteiger charge is -2.25. The number of rotatable bonds is 4. The maximum Gasteiger partial charge on any atom is 0.306 e. The number of hydrogen-bond acceptors (Lipinski definition) is 4. The Bertz CT molecular complexity index is 331. The molecule has 0 unspecified atom stereocenters. The Balaban J connectivity index is 1.71. The van der Waals surface area contributed by atoms with Crippen LogP contribution in [0.25, 0.3) is 0 Å². The second kappa shape index (κ2) is 5.41. The number of aromatic nitrogens is 1. The van der Waals surface area contributed by atoms with Crippen LogP contribution >= 0.6 is 11.3 Å². The zero-order valence-corrected chi connectivity index (χ0v) is 9.78. The summed E-state index contributed by atoms with van der Waals surface area (Å²) in [6, 6.07) is 0. The quantitative estimate of drug-likeness (QED) is 0.878. The molecular formula is C11H15NO3S. The van der Waals surface area contributed by atoms with Gasteiger partial charge in [-0.15, -0.1) is 11.3 Å². The Morgan fingerprint density at radius 2 is 2.25 bits per heavy atom. The molecule has 1 aromatic heterocycles. The monoisotopic (exact) mass is 241 g/mol. The third kappa shape index (κ3) is 3.02. The number of aliphatic carboxylic acids is 1. The average Bonchev–Trinajstić information content (AvgIpc) is 2.80. The summed E-state index contributed by atoms with van der Waals surface area (Å²) in [7, 11) is 0. The van der Waals surface area contributed by atoms with Gasteiger partial charge in [-0.2, -0.15) is 0 Å². The van der Waals surface area contributed by atoms with Crippen molar-refractivity contribution in [2.24, 2.45) is 5.92 Å². The minimum Gasteiger partial charge on any atom is -0.481 e. The standard InChI is InChI=1S/C11H15NO3S/c13-11(14)8-1-3-9(4-2-8)15-7-10-12-5-6-16-10/h5-6,8-9H,1-4,7H2,(H,13,14). The molecule has 1 aliphatic rings. The zero-order valence-electron chi connectivity index (χ0n) is 8.96. The van der Waals surface area contributed by atoms with Crippen molar-refractivity contribution in [3.8, 4) is 0 Å². The Kier molecular flexibility index (Phi) is 3.90. The molecule has 4 nitrogen and oxygen atoms in total. The van der Waals surface area contributed by atoms with Crippen molar-refractivity contribution in [3.05, 3.63) is 16.6 Å². The molecule has 5 heteroatoms. The Morgan fingerprint density at radius 3 is 2.81 bits per heavy atom. The van der Waals surface area contributed by atoms with Crippen molar-refractivity contribution >= 4 is 17.3 Å². The number of nitrogens with zero attached hydrogens (tertiary/aromatic N) is 1. The molecule has 2 rings (SSSR count). The first-order valence-corrected chi connectivity index (χ1v) is 6.36. The Hall–Kier alpha value is -0.940. The average molecular weight is 241 g/mol. The van der Waals surface area contributed by atoms with E-state index in [-0.39, 0.29) is 12.0 Å². The summed E-state index contributed by atoms with van der Waals surface area (Å²) in [5.74, 6) is -0.835. The number of thiazole rings is 1. The first-order chi connectivity index (χ1) is 7.75. The molecule has 88 valence electrons. The summed E-state index contributed by atoms with van der Waals surface area (Å²) in [4.78, 5) is 14.9. The van der Waals surface area contributed by atoms with Crippen molar-refractivity contribution in [2.45, 2.75) is 38.4 Å². The lowest BCUT2D eigenvalue weighted by Crippen LogP contribution is -2.25. The fourth-order valence-corrected chi connectivity index (χ4v) is 2.53. The highest BCUT2D eigenvalue weighted by Crippen LogP contribution is 2.27. The summed E-state index contributed by atoms with van der Waals surface area (Å²) >= 11 is 1.59. The smallest absolute Gasteiger partial charge is 0.306 e. The molecule has 0 aromatic carbocycles. The molecule has 16 heavy (non-hydrogen) atoms. The van der Waals surface area contributed by atoms with E-state index in [9.17, 15) is 4.79 Å². The van der Waals surface area contributed by atoms with Gasteiger partial charge in [0.1, 0.15) is 5.01 Å². The van der Waals surface area contributed by atoms with E-state index in [2.05, 4.69) is 4.98 Å². The summed E-state index contributed by atoms with van der Waals surface area (Å²) < 4.78 is 5.71. The molecule has 1 fully saturated rings. The molecular weight excluding hydrogens is 226 g/mol. The van der Waals surface area contributed by atoms with E-state index in [0.29, 0.717) is 6.61 Å². The van der Waals surface area contributed by atoms with Gasteiger partial charge in [0.05, 0.1) is 18.6 Å². The van der Waals surface area contributed by atoms with E-state index in [1.807, 2.05) is 5.38 Å². The molecule has 0 aliphatic heterocycles. The highest BCUT2D eigenvalue weighted by atomic mass is 32.1. The van der Waals surface area contributed by atoms with Crippen LogP contribution in [0.3, 0.4) is 0 Å². The van der Waals surface area contributed by atoms with Gasteiger partial charge < -0.3 is 9.84 Å². The molecule has 0 amide bonds. The van der Waals surface area contributed by atoms with Gasteiger partial charge in [-0.25, -0.2) is 4.98 Å². The van der Waals surface area contributed by atoms with Crippen LogP contribution in [0, 0.1) is 5.92 Å². The SMILES string of the molecule is O=C(O)C1CCC(OCc2nccs2)CC1. The second-order valence-corrected chi connectivity index (χ2v) is 5.03. The van der Waals surface area contributed by atoms with Crippen LogP contribution < -0.4 is 0 Å². The van der Waals surface area contributed by atoms with Gasteiger partial charge in [-0.3, -0.25) is 4.79 Å². The Labute approximate surface area is 98.3 Å². The molecule has 0 saturated heterocycles. The highest BCUT2D eigenvalue weighted by Gasteiger charge is 2.26. The van der Waals surface area contributed by atoms with Crippen molar-refractivity contribution < 1.29 is 14.6 Å². The first kappa shape index (κ1) is 11.5. The molecule has 1 aliphatic carbocycles. The first-order valence-electron chi connectivity index (χ1n) is 5.48. The summed E-state index contributed by atoms with van der Waals surface area (Å²) in [5.41, 5.74) is 0. The molecule has 1 heterocycles. The number of carbonyl (C=O) groups is 1. The van der Waals surface area contributed by atoms with E-state index in [0.717, 1.165) is 30.7 Å².